The predicted molar refractivity (Wildman–Crippen MR) is 223 cm³/mol. The molecule has 0 spiro atoms. The fourth-order valence-corrected chi connectivity index (χ4v) is 7.22. The van der Waals surface area contributed by atoms with Gasteiger partial charge in [0.25, 0.3) is 0 Å². The monoisotopic (exact) mass is 811 g/mol. The second-order valence-electron chi connectivity index (χ2n) is 16.0. The fraction of sp³-hybridized carbons (Fsp3) is 0.976. The summed E-state index contributed by atoms with van der Waals surface area (Å²) in [5.74, 6) is -0.286. The number of unbranched alkanes of at least 4 members (excludes halogenated alkanes) is 26. The van der Waals surface area contributed by atoms with Crippen LogP contribution in [0.5, 0.6) is 0 Å². The van der Waals surface area contributed by atoms with E-state index in [9.17, 15) is 9.69 Å². The molecule has 7 nitrogen and oxygen atoms in total. The second-order valence-corrected chi connectivity index (χ2v) is 18.1. The van der Waals surface area contributed by atoms with Crippen LogP contribution in [0.4, 0.5) is 0 Å². The fourth-order valence-electron chi connectivity index (χ4n) is 6.18. The average Bonchev–Trinajstić information content (AvgIpc) is 3.09. The molecule has 51 heavy (non-hydrogen) atoms. The lowest BCUT2D eigenvalue weighted by Crippen LogP contribution is -2.37. The van der Waals surface area contributed by atoms with E-state index in [1.54, 1.807) is 0 Å². The van der Waals surface area contributed by atoms with E-state index in [0.29, 0.717) is 13.2 Å². The SMILES string of the molecule is CCCCCCCCCCCCCCCCOCC(COP(O)OCC[N+](C)(C)C)OC(=O)C(Br)CCCCCCCCCCCCCCCC. The van der Waals surface area contributed by atoms with Crippen molar-refractivity contribution in [2.24, 2.45) is 0 Å². The van der Waals surface area contributed by atoms with Crippen LogP contribution in [0.25, 0.3) is 0 Å². The van der Waals surface area contributed by atoms with Gasteiger partial charge in [-0.05, 0) is 12.8 Å². The van der Waals surface area contributed by atoms with Gasteiger partial charge in [-0.15, -0.1) is 0 Å². The summed E-state index contributed by atoms with van der Waals surface area (Å²) in [6.07, 6.45) is 37.1. The summed E-state index contributed by atoms with van der Waals surface area (Å²) in [7, 11) is 4.18. The molecule has 1 N–H and O–H groups in total. The van der Waals surface area contributed by atoms with Crippen molar-refractivity contribution < 1.29 is 32.7 Å². The van der Waals surface area contributed by atoms with E-state index in [1.165, 1.54) is 154 Å². The van der Waals surface area contributed by atoms with E-state index in [4.69, 9.17) is 18.5 Å². The third-order valence-corrected chi connectivity index (χ3v) is 11.2. The highest BCUT2D eigenvalue weighted by atomic mass is 79.9. The molecule has 0 aliphatic carbocycles. The van der Waals surface area contributed by atoms with E-state index in [2.05, 4.69) is 50.9 Å². The zero-order valence-electron chi connectivity index (χ0n) is 34.5. The molecule has 0 aromatic rings. The Balaban J connectivity index is 4.21. The maximum Gasteiger partial charge on any atom is 0.330 e. The highest BCUT2D eigenvalue weighted by Crippen LogP contribution is 2.33. The smallest absolute Gasteiger partial charge is 0.330 e. The van der Waals surface area contributed by atoms with Crippen LogP contribution in [-0.4, -0.2) is 80.4 Å². The van der Waals surface area contributed by atoms with Gasteiger partial charge in [0.05, 0.1) is 34.4 Å². The first-order chi connectivity index (χ1) is 24.7. The summed E-state index contributed by atoms with van der Waals surface area (Å²) in [6, 6.07) is 0. The molecule has 0 radical (unpaired) electrons. The molecule has 0 aliphatic heterocycles. The number of carbonyl (C=O) groups is 1. The number of nitrogens with zero attached hydrogens (tertiary/aromatic N) is 1. The minimum Gasteiger partial charge on any atom is -0.457 e. The van der Waals surface area contributed by atoms with Crippen LogP contribution < -0.4 is 0 Å². The van der Waals surface area contributed by atoms with Gasteiger partial charge in [-0.2, -0.15) is 0 Å². The van der Waals surface area contributed by atoms with Crippen LogP contribution in [0, 0.1) is 0 Å². The Hall–Kier alpha value is 0.180. The number of hydrogen-bond acceptors (Lipinski definition) is 6. The molecule has 9 heteroatoms. The lowest BCUT2D eigenvalue weighted by molar-refractivity contribution is -0.870. The number of alkyl halides is 1. The Morgan fingerprint density at radius 1 is 0.569 bits per heavy atom. The van der Waals surface area contributed by atoms with E-state index in [-0.39, 0.29) is 24.0 Å². The van der Waals surface area contributed by atoms with Gasteiger partial charge in [0.1, 0.15) is 24.1 Å². The number of carbonyl (C=O) groups excluding carboxylic acids is 1. The minimum absolute atomic E-state index is 0.0512. The molecule has 0 fully saturated rings. The highest BCUT2D eigenvalue weighted by molar-refractivity contribution is 9.10. The van der Waals surface area contributed by atoms with Crippen LogP contribution in [0.2, 0.25) is 0 Å². The summed E-state index contributed by atoms with van der Waals surface area (Å²) in [6.45, 7) is 6.65. The van der Waals surface area contributed by atoms with E-state index in [0.717, 1.165) is 43.1 Å². The topological polar surface area (TPSA) is 74.2 Å². The maximum absolute atomic E-state index is 12.9. The molecule has 0 aromatic heterocycles. The molecule has 3 unspecified atom stereocenters. The first kappa shape index (κ1) is 51.2. The van der Waals surface area contributed by atoms with Crippen LogP contribution in [0.1, 0.15) is 200 Å². The molecular weight excluding hydrogens is 725 g/mol. The predicted octanol–water partition coefficient (Wildman–Crippen LogP) is 13.0. The molecule has 0 heterocycles. The van der Waals surface area contributed by atoms with Crippen molar-refractivity contribution in [2.45, 2.75) is 211 Å². The van der Waals surface area contributed by atoms with Gasteiger partial charge in [-0.25, -0.2) is 0 Å². The molecule has 0 rings (SSSR count). The molecule has 0 bridgehead atoms. The number of quaternary nitrogens is 1. The first-order valence-electron chi connectivity index (χ1n) is 21.7. The van der Waals surface area contributed by atoms with Crippen molar-refractivity contribution in [1.29, 1.82) is 0 Å². The number of hydrogen-bond donors (Lipinski definition) is 1. The lowest BCUT2D eigenvalue weighted by Gasteiger charge is -2.24. The second kappa shape index (κ2) is 38.5. The minimum atomic E-state index is -2.04. The van der Waals surface area contributed by atoms with Gasteiger partial charge >= 0.3 is 14.6 Å². The van der Waals surface area contributed by atoms with Gasteiger partial charge in [-0.3, -0.25) is 4.79 Å². The Morgan fingerprint density at radius 2 is 0.961 bits per heavy atom. The summed E-state index contributed by atoms with van der Waals surface area (Å²) in [5, 5.41) is 0. The van der Waals surface area contributed by atoms with Crippen LogP contribution in [0.3, 0.4) is 0 Å². The van der Waals surface area contributed by atoms with Crippen LogP contribution >= 0.6 is 24.5 Å². The molecule has 0 aromatic carbocycles. The van der Waals surface area contributed by atoms with Crippen molar-refractivity contribution in [1.82, 2.24) is 0 Å². The summed E-state index contributed by atoms with van der Waals surface area (Å²) in [4.78, 5) is 22.9. The molecule has 3 atom stereocenters. The number of likely N-dealkylation sites (N-methyl/N-ethyl adjacent to an activating group) is 1. The molecule has 306 valence electrons. The Kier molecular flexibility index (Phi) is 38.6. The number of rotatable bonds is 41. The Bertz CT molecular complexity index is 728. The third-order valence-electron chi connectivity index (χ3n) is 9.63. The van der Waals surface area contributed by atoms with Gasteiger partial charge in [0.15, 0.2) is 0 Å². The quantitative estimate of drug-likeness (QED) is 0.0218. The lowest BCUT2D eigenvalue weighted by atomic mass is 10.0. The van der Waals surface area contributed by atoms with Crippen molar-refractivity contribution in [2.75, 3.05) is 54.1 Å². The van der Waals surface area contributed by atoms with Crippen LogP contribution in [-0.2, 0) is 23.3 Å². The van der Waals surface area contributed by atoms with Crippen molar-refractivity contribution >= 4 is 30.5 Å². The molecule has 0 amide bonds. The van der Waals surface area contributed by atoms with E-state index < -0.39 is 14.7 Å². The molecule has 0 aliphatic rings. The highest BCUT2D eigenvalue weighted by Gasteiger charge is 2.23. The normalized spacial score (nSPS) is 13.8. The summed E-state index contributed by atoms with van der Waals surface area (Å²) >= 11 is 3.57. The van der Waals surface area contributed by atoms with Gasteiger partial charge in [-0.1, -0.05) is 203 Å². The maximum atomic E-state index is 12.9. The largest absolute Gasteiger partial charge is 0.457 e. The van der Waals surface area contributed by atoms with Crippen LogP contribution in [0.15, 0.2) is 0 Å². The van der Waals surface area contributed by atoms with Gasteiger partial charge in [0.2, 0.25) is 0 Å². The van der Waals surface area contributed by atoms with Crippen molar-refractivity contribution in [3.8, 4) is 0 Å². The Morgan fingerprint density at radius 3 is 1.37 bits per heavy atom. The van der Waals surface area contributed by atoms with Gasteiger partial charge < -0.3 is 27.9 Å². The Labute approximate surface area is 327 Å². The first-order valence-corrected chi connectivity index (χ1v) is 23.7. The molecule has 0 saturated carbocycles. The van der Waals surface area contributed by atoms with E-state index >= 15 is 0 Å². The molecule has 0 saturated heterocycles. The number of ether oxygens (including phenoxy) is 2. The van der Waals surface area contributed by atoms with Crippen molar-refractivity contribution in [3.63, 3.8) is 0 Å². The zero-order valence-corrected chi connectivity index (χ0v) is 36.9. The van der Waals surface area contributed by atoms with Crippen molar-refractivity contribution in [3.05, 3.63) is 0 Å². The summed E-state index contributed by atoms with van der Waals surface area (Å²) in [5.41, 5.74) is 0. The van der Waals surface area contributed by atoms with E-state index in [1.807, 2.05) is 0 Å². The number of halogens is 1. The standard InChI is InChI=1S/C42H86BrNO6P/c1-6-8-10-12-14-16-18-20-22-24-26-28-30-32-34-41(43)42(45)50-40(39-49-51(46)48-37-35-44(3,4)5)38-47-36-33-31-29-27-25-23-21-19-17-15-13-11-9-7-2/h40-41,46H,6-39H2,1-5H3/q+1. The third kappa shape index (κ3) is 39.7. The molecular formula is C42H86BrNO6P+. The average molecular weight is 812 g/mol. The number of esters is 1. The zero-order chi connectivity index (χ0) is 37.7. The van der Waals surface area contributed by atoms with Gasteiger partial charge in [0, 0.05) is 6.61 Å². The summed E-state index contributed by atoms with van der Waals surface area (Å²) < 4.78 is 23.6.